The van der Waals surface area contributed by atoms with Gasteiger partial charge in [-0.05, 0) is 18.2 Å². The molecule has 1 aromatic carbocycles. The Morgan fingerprint density at radius 3 is 2.77 bits per heavy atom. The summed E-state index contributed by atoms with van der Waals surface area (Å²) in [6.45, 7) is -2.65. The number of ether oxygens (including phenoxy) is 1. The fraction of sp³-hybridized carbons (Fsp3) is 0.333. The SMILES string of the molecule is FCC(F)(F)COc1c[c]ccc1. The monoisotopic (exact) mass is 189 g/mol. The highest BCUT2D eigenvalue weighted by Crippen LogP contribution is 2.17. The number of hydrogen-bond acceptors (Lipinski definition) is 1. The van der Waals surface area contributed by atoms with E-state index in [0.717, 1.165) is 0 Å². The van der Waals surface area contributed by atoms with Crippen LogP contribution in [-0.2, 0) is 0 Å². The van der Waals surface area contributed by atoms with E-state index in [0.29, 0.717) is 0 Å². The minimum absolute atomic E-state index is 0.260. The van der Waals surface area contributed by atoms with Crippen LogP contribution in [0.15, 0.2) is 24.3 Å². The maximum absolute atomic E-state index is 12.3. The van der Waals surface area contributed by atoms with E-state index in [2.05, 4.69) is 10.8 Å². The zero-order valence-electron chi connectivity index (χ0n) is 6.77. The summed E-state index contributed by atoms with van der Waals surface area (Å²) in [7, 11) is 0. The molecule has 0 saturated carbocycles. The third kappa shape index (κ3) is 3.36. The smallest absolute Gasteiger partial charge is 0.309 e. The van der Waals surface area contributed by atoms with Gasteiger partial charge in [0.25, 0.3) is 0 Å². The zero-order chi connectivity index (χ0) is 9.73. The Morgan fingerprint density at radius 1 is 1.46 bits per heavy atom. The molecular formula is C9H8F3O. The lowest BCUT2D eigenvalue weighted by Gasteiger charge is -2.12. The average molecular weight is 189 g/mol. The van der Waals surface area contributed by atoms with Gasteiger partial charge in [-0.15, -0.1) is 0 Å². The van der Waals surface area contributed by atoms with E-state index in [1.54, 1.807) is 12.1 Å². The lowest BCUT2D eigenvalue weighted by atomic mass is 10.3. The molecule has 1 aromatic rings. The second-order valence-corrected chi connectivity index (χ2v) is 2.52. The van der Waals surface area contributed by atoms with Crippen molar-refractivity contribution in [3.05, 3.63) is 30.3 Å². The van der Waals surface area contributed by atoms with Crippen LogP contribution in [0, 0.1) is 6.07 Å². The molecule has 0 fully saturated rings. The highest BCUT2D eigenvalue weighted by Gasteiger charge is 2.29. The van der Waals surface area contributed by atoms with Gasteiger partial charge in [0.1, 0.15) is 5.75 Å². The molecule has 0 amide bonds. The Kier molecular flexibility index (Phi) is 3.17. The first-order valence-electron chi connectivity index (χ1n) is 3.67. The minimum Gasteiger partial charge on any atom is -0.487 e. The van der Waals surface area contributed by atoms with E-state index in [1.165, 1.54) is 12.1 Å². The van der Waals surface area contributed by atoms with Gasteiger partial charge >= 0.3 is 5.92 Å². The van der Waals surface area contributed by atoms with Gasteiger partial charge in [0, 0.05) is 0 Å². The Morgan fingerprint density at radius 2 is 2.23 bits per heavy atom. The molecule has 0 aromatic heterocycles. The maximum Gasteiger partial charge on any atom is 0.309 e. The van der Waals surface area contributed by atoms with Crippen LogP contribution in [0.3, 0.4) is 0 Å². The van der Waals surface area contributed by atoms with Crippen molar-refractivity contribution >= 4 is 0 Å². The Balaban J connectivity index is 2.44. The number of rotatable bonds is 4. The van der Waals surface area contributed by atoms with Gasteiger partial charge in [0.05, 0.1) is 0 Å². The quantitative estimate of drug-likeness (QED) is 0.706. The second-order valence-electron chi connectivity index (χ2n) is 2.52. The molecule has 71 valence electrons. The van der Waals surface area contributed by atoms with Crippen molar-refractivity contribution in [3.8, 4) is 5.75 Å². The predicted octanol–water partition coefficient (Wildman–Crippen LogP) is 2.47. The fourth-order valence-electron chi connectivity index (χ4n) is 0.694. The highest BCUT2D eigenvalue weighted by atomic mass is 19.3. The molecule has 1 nitrogen and oxygen atoms in total. The van der Waals surface area contributed by atoms with Crippen molar-refractivity contribution in [2.75, 3.05) is 13.3 Å². The third-order valence-electron chi connectivity index (χ3n) is 1.32. The summed E-state index contributed by atoms with van der Waals surface area (Å²) in [4.78, 5) is 0. The molecule has 0 aliphatic heterocycles. The van der Waals surface area contributed by atoms with Crippen molar-refractivity contribution in [2.24, 2.45) is 0 Å². The molecule has 0 aliphatic carbocycles. The van der Waals surface area contributed by atoms with E-state index < -0.39 is 19.2 Å². The Bertz CT molecular complexity index is 248. The van der Waals surface area contributed by atoms with Crippen LogP contribution in [0.25, 0.3) is 0 Å². The summed E-state index contributed by atoms with van der Waals surface area (Å²) in [6.07, 6.45) is 0. The van der Waals surface area contributed by atoms with Gasteiger partial charge in [0.15, 0.2) is 13.3 Å². The largest absolute Gasteiger partial charge is 0.487 e. The molecule has 0 bridgehead atoms. The average Bonchev–Trinajstić information content (AvgIpc) is 2.17. The van der Waals surface area contributed by atoms with Gasteiger partial charge in [0.2, 0.25) is 0 Å². The van der Waals surface area contributed by atoms with Crippen molar-refractivity contribution in [1.29, 1.82) is 0 Å². The summed E-state index contributed by atoms with van der Waals surface area (Å²) < 4.78 is 40.9. The predicted molar refractivity (Wildman–Crippen MR) is 41.7 cm³/mol. The summed E-state index contributed by atoms with van der Waals surface area (Å²) in [5, 5.41) is 0. The second kappa shape index (κ2) is 4.16. The van der Waals surface area contributed by atoms with Crippen LogP contribution in [0.1, 0.15) is 0 Å². The molecule has 0 atom stereocenters. The van der Waals surface area contributed by atoms with Crippen molar-refractivity contribution < 1.29 is 17.9 Å². The number of benzene rings is 1. The molecule has 0 heterocycles. The first kappa shape index (κ1) is 9.89. The summed E-state index contributed by atoms with van der Waals surface area (Å²) in [5.41, 5.74) is 0. The maximum atomic E-state index is 12.3. The lowest BCUT2D eigenvalue weighted by Crippen LogP contribution is -2.27. The lowest BCUT2D eigenvalue weighted by molar-refractivity contribution is -0.0584. The van der Waals surface area contributed by atoms with Crippen LogP contribution in [0.4, 0.5) is 13.2 Å². The van der Waals surface area contributed by atoms with Gasteiger partial charge in [-0.3, -0.25) is 0 Å². The number of halogens is 3. The summed E-state index contributed by atoms with van der Waals surface area (Å²) >= 11 is 0. The topological polar surface area (TPSA) is 9.23 Å². The molecule has 0 N–H and O–H groups in total. The van der Waals surface area contributed by atoms with E-state index in [-0.39, 0.29) is 5.75 Å². The highest BCUT2D eigenvalue weighted by molar-refractivity contribution is 5.20. The van der Waals surface area contributed by atoms with Gasteiger partial charge in [-0.2, -0.15) is 8.78 Å². The van der Waals surface area contributed by atoms with Gasteiger partial charge in [-0.1, -0.05) is 12.1 Å². The summed E-state index contributed by atoms with van der Waals surface area (Å²) in [5.74, 6) is -3.15. The fourth-order valence-corrected chi connectivity index (χ4v) is 0.694. The number of alkyl halides is 3. The van der Waals surface area contributed by atoms with Crippen LogP contribution >= 0.6 is 0 Å². The molecule has 0 aliphatic rings. The molecule has 1 radical (unpaired) electrons. The Labute approximate surface area is 74.1 Å². The van der Waals surface area contributed by atoms with Crippen LogP contribution in [-0.4, -0.2) is 19.2 Å². The van der Waals surface area contributed by atoms with E-state index >= 15 is 0 Å². The number of hydrogen-bond donors (Lipinski definition) is 0. The molecular weight excluding hydrogens is 181 g/mol. The van der Waals surface area contributed by atoms with Gasteiger partial charge in [-0.25, -0.2) is 4.39 Å². The molecule has 1 rings (SSSR count). The van der Waals surface area contributed by atoms with Crippen LogP contribution in [0.5, 0.6) is 5.75 Å². The molecule has 0 spiro atoms. The summed E-state index contributed by atoms with van der Waals surface area (Å²) in [6, 6.07) is 8.78. The molecule has 4 heteroatoms. The van der Waals surface area contributed by atoms with E-state index in [4.69, 9.17) is 0 Å². The molecule has 0 saturated heterocycles. The first-order valence-corrected chi connectivity index (χ1v) is 3.67. The molecule has 13 heavy (non-hydrogen) atoms. The van der Waals surface area contributed by atoms with Crippen LogP contribution in [0.2, 0.25) is 0 Å². The third-order valence-corrected chi connectivity index (χ3v) is 1.32. The van der Waals surface area contributed by atoms with E-state index in [1.807, 2.05) is 0 Å². The molecule has 0 unspecified atom stereocenters. The van der Waals surface area contributed by atoms with Gasteiger partial charge < -0.3 is 4.74 Å². The van der Waals surface area contributed by atoms with E-state index in [9.17, 15) is 13.2 Å². The van der Waals surface area contributed by atoms with Crippen molar-refractivity contribution in [2.45, 2.75) is 5.92 Å². The zero-order valence-corrected chi connectivity index (χ0v) is 6.77. The van der Waals surface area contributed by atoms with Crippen molar-refractivity contribution in [1.82, 2.24) is 0 Å². The first-order chi connectivity index (χ1) is 6.14. The standard InChI is InChI=1S/C9H8F3O/c10-6-9(11,12)7-13-8-4-2-1-3-5-8/h1-2,4-5H,6-7H2. The normalized spacial score (nSPS) is 11.3. The van der Waals surface area contributed by atoms with Crippen molar-refractivity contribution in [3.63, 3.8) is 0 Å². The Hall–Kier alpha value is -1.19. The minimum atomic E-state index is -3.41. The van der Waals surface area contributed by atoms with Crippen LogP contribution < -0.4 is 4.74 Å².